The van der Waals surface area contributed by atoms with E-state index in [0.29, 0.717) is 5.69 Å². The van der Waals surface area contributed by atoms with Gasteiger partial charge in [-0.2, -0.15) is 11.3 Å². The highest BCUT2D eigenvalue weighted by molar-refractivity contribution is 7.07. The Labute approximate surface area is 109 Å². The molecular formula is C12H14N4OS. The normalized spacial score (nSPS) is 11.5. The molecule has 18 heavy (non-hydrogen) atoms. The average molecular weight is 262 g/mol. The standard InChI is InChI=1S/C12H14N4OS/c1-16(7-9-5-6-18-8-9)11-4-2-3-10(14-11)12(13)15-17/h2-6,8,17H,7H2,1H3,(H2,13,15). The summed E-state index contributed by atoms with van der Waals surface area (Å²) in [5, 5.41) is 15.7. The number of amidine groups is 1. The Morgan fingerprint density at radius 2 is 2.33 bits per heavy atom. The van der Waals surface area contributed by atoms with Crippen molar-refractivity contribution in [2.45, 2.75) is 6.54 Å². The number of pyridine rings is 1. The molecule has 2 aromatic rings. The van der Waals surface area contributed by atoms with Crippen LogP contribution in [0.4, 0.5) is 5.82 Å². The van der Waals surface area contributed by atoms with Crippen LogP contribution in [0.15, 0.2) is 40.2 Å². The van der Waals surface area contributed by atoms with E-state index in [1.54, 1.807) is 17.4 Å². The molecule has 0 radical (unpaired) electrons. The summed E-state index contributed by atoms with van der Waals surface area (Å²) in [6, 6.07) is 7.51. The first-order valence-electron chi connectivity index (χ1n) is 5.38. The minimum absolute atomic E-state index is 0.0146. The quantitative estimate of drug-likeness (QED) is 0.382. The van der Waals surface area contributed by atoms with Gasteiger partial charge in [0.2, 0.25) is 0 Å². The maximum atomic E-state index is 8.64. The molecule has 6 heteroatoms. The zero-order valence-electron chi connectivity index (χ0n) is 9.95. The molecule has 0 unspecified atom stereocenters. The number of anilines is 1. The molecule has 0 spiro atoms. The first-order chi connectivity index (χ1) is 8.70. The van der Waals surface area contributed by atoms with Crippen molar-refractivity contribution in [2.24, 2.45) is 10.9 Å². The molecule has 2 rings (SSSR count). The second-order valence-electron chi connectivity index (χ2n) is 3.85. The van der Waals surface area contributed by atoms with Gasteiger partial charge in [-0.15, -0.1) is 0 Å². The maximum absolute atomic E-state index is 8.64. The Bertz CT molecular complexity index is 539. The van der Waals surface area contributed by atoms with Crippen LogP contribution >= 0.6 is 11.3 Å². The summed E-state index contributed by atoms with van der Waals surface area (Å²) in [5.41, 5.74) is 7.22. The predicted octanol–water partition coefficient (Wildman–Crippen LogP) is 1.87. The monoisotopic (exact) mass is 262 g/mol. The van der Waals surface area contributed by atoms with Crippen molar-refractivity contribution in [3.63, 3.8) is 0 Å². The zero-order chi connectivity index (χ0) is 13.0. The van der Waals surface area contributed by atoms with E-state index < -0.39 is 0 Å². The van der Waals surface area contributed by atoms with Crippen molar-refractivity contribution in [2.75, 3.05) is 11.9 Å². The number of hydrogen-bond acceptors (Lipinski definition) is 5. The van der Waals surface area contributed by atoms with E-state index >= 15 is 0 Å². The minimum Gasteiger partial charge on any atom is -0.409 e. The number of nitrogens with two attached hydrogens (primary N) is 1. The molecule has 0 aliphatic rings. The van der Waals surface area contributed by atoms with Gasteiger partial charge in [-0.25, -0.2) is 4.98 Å². The summed E-state index contributed by atoms with van der Waals surface area (Å²) in [5.74, 6) is 0.797. The number of hydrogen-bond donors (Lipinski definition) is 2. The summed E-state index contributed by atoms with van der Waals surface area (Å²) in [6.07, 6.45) is 0. The number of rotatable bonds is 4. The van der Waals surface area contributed by atoms with E-state index in [2.05, 4.69) is 21.6 Å². The number of thiophene rings is 1. The lowest BCUT2D eigenvalue weighted by atomic mass is 10.3. The molecule has 0 saturated heterocycles. The number of oxime groups is 1. The molecule has 0 saturated carbocycles. The van der Waals surface area contributed by atoms with Crippen LogP contribution in [-0.4, -0.2) is 23.1 Å². The second-order valence-corrected chi connectivity index (χ2v) is 4.63. The fourth-order valence-corrected chi connectivity index (χ4v) is 2.23. The molecule has 0 aliphatic heterocycles. The molecule has 3 N–H and O–H groups in total. The van der Waals surface area contributed by atoms with Crippen LogP contribution in [0.5, 0.6) is 0 Å². The van der Waals surface area contributed by atoms with Crippen LogP contribution in [-0.2, 0) is 6.54 Å². The molecule has 2 heterocycles. The topological polar surface area (TPSA) is 74.7 Å². The largest absolute Gasteiger partial charge is 0.409 e. The van der Waals surface area contributed by atoms with E-state index in [4.69, 9.17) is 10.9 Å². The third kappa shape index (κ3) is 2.78. The third-order valence-electron chi connectivity index (χ3n) is 2.50. The van der Waals surface area contributed by atoms with Gasteiger partial charge in [0.25, 0.3) is 0 Å². The molecule has 0 aliphatic carbocycles. The fraction of sp³-hybridized carbons (Fsp3) is 0.167. The van der Waals surface area contributed by atoms with Crippen molar-refractivity contribution < 1.29 is 5.21 Å². The van der Waals surface area contributed by atoms with Crippen LogP contribution in [0.1, 0.15) is 11.3 Å². The van der Waals surface area contributed by atoms with Crippen molar-refractivity contribution >= 4 is 23.0 Å². The second kappa shape index (κ2) is 5.50. The van der Waals surface area contributed by atoms with Gasteiger partial charge < -0.3 is 15.8 Å². The molecule has 94 valence electrons. The third-order valence-corrected chi connectivity index (χ3v) is 3.23. The van der Waals surface area contributed by atoms with Gasteiger partial charge in [-0.05, 0) is 34.5 Å². The van der Waals surface area contributed by atoms with Crippen LogP contribution in [0.3, 0.4) is 0 Å². The van der Waals surface area contributed by atoms with Crippen LogP contribution in [0, 0.1) is 0 Å². The molecule has 0 bridgehead atoms. The van der Waals surface area contributed by atoms with Gasteiger partial charge >= 0.3 is 0 Å². The lowest BCUT2D eigenvalue weighted by Crippen LogP contribution is -2.20. The summed E-state index contributed by atoms with van der Waals surface area (Å²) in [4.78, 5) is 6.35. The highest BCUT2D eigenvalue weighted by Crippen LogP contribution is 2.15. The van der Waals surface area contributed by atoms with Gasteiger partial charge in [0.05, 0.1) is 0 Å². The van der Waals surface area contributed by atoms with Crippen molar-refractivity contribution in [1.29, 1.82) is 0 Å². The molecule has 0 atom stereocenters. The Hall–Kier alpha value is -2.08. The number of aromatic nitrogens is 1. The maximum Gasteiger partial charge on any atom is 0.188 e. The Balaban J connectivity index is 2.17. The summed E-state index contributed by atoms with van der Waals surface area (Å²) >= 11 is 1.67. The van der Waals surface area contributed by atoms with Gasteiger partial charge in [0.15, 0.2) is 5.84 Å². The molecule has 5 nitrogen and oxygen atoms in total. The summed E-state index contributed by atoms with van der Waals surface area (Å²) < 4.78 is 0. The smallest absolute Gasteiger partial charge is 0.188 e. The summed E-state index contributed by atoms with van der Waals surface area (Å²) in [6.45, 7) is 0.774. The Kier molecular flexibility index (Phi) is 3.78. The highest BCUT2D eigenvalue weighted by atomic mass is 32.1. The number of nitrogens with zero attached hydrogens (tertiary/aromatic N) is 3. The van der Waals surface area contributed by atoms with Gasteiger partial charge in [0.1, 0.15) is 11.5 Å². The summed E-state index contributed by atoms with van der Waals surface area (Å²) in [7, 11) is 1.95. The molecule has 0 fully saturated rings. The van der Waals surface area contributed by atoms with Crippen molar-refractivity contribution in [1.82, 2.24) is 4.98 Å². The van der Waals surface area contributed by atoms with E-state index in [1.165, 1.54) is 5.56 Å². The van der Waals surface area contributed by atoms with Crippen LogP contribution in [0.25, 0.3) is 0 Å². The van der Waals surface area contributed by atoms with Gasteiger partial charge in [0, 0.05) is 13.6 Å². The van der Waals surface area contributed by atoms with E-state index in [1.807, 2.05) is 29.5 Å². The Morgan fingerprint density at radius 3 is 3.00 bits per heavy atom. The minimum atomic E-state index is 0.0146. The van der Waals surface area contributed by atoms with Crippen LogP contribution < -0.4 is 10.6 Å². The van der Waals surface area contributed by atoms with Gasteiger partial charge in [-0.3, -0.25) is 0 Å². The molecular weight excluding hydrogens is 248 g/mol. The SMILES string of the molecule is CN(Cc1ccsc1)c1cccc(C(N)=NO)n1. The zero-order valence-corrected chi connectivity index (χ0v) is 10.8. The first-order valence-corrected chi connectivity index (χ1v) is 6.32. The van der Waals surface area contributed by atoms with Crippen molar-refractivity contribution in [3.05, 3.63) is 46.3 Å². The van der Waals surface area contributed by atoms with E-state index in [-0.39, 0.29) is 5.84 Å². The molecule has 2 aromatic heterocycles. The fourth-order valence-electron chi connectivity index (χ4n) is 1.57. The van der Waals surface area contributed by atoms with E-state index in [0.717, 1.165) is 12.4 Å². The molecule has 0 aromatic carbocycles. The lowest BCUT2D eigenvalue weighted by molar-refractivity contribution is 0.318. The van der Waals surface area contributed by atoms with Gasteiger partial charge in [-0.1, -0.05) is 11.2 Å². The lowest BCUT2D eigenvalue weighted by Gasteiger charge is -2.17. The first kappa shape index (κ1) is 12.4. The molecule has 0 amide bonds. The van der Waals surface area contributed by atoms with Crippen LogP contribution in [0.2, 0.25) is 0 Å². The predicted molar refractivity (Wildman–Crippen MR) is 73.2 cm³/mol. The van der Waals surface area contributed by atoms with Crippen molar-refractivity contribution in [3.8, 4) is 0 Å². The Morgan fingerprint density at radius 1 is 1.50 bits per heavy atom. The highest BCUT2D eigenvalue weighted by Gasteiger charge is 2.07. The van der Waals surface area contributed by atoms with E-state index in [9.17, 15) is 0 Å². The average Bonchev–Trinajstić information content (AvgIpc) is 2.90.